The van der Waals surface area contributed by atoms with Gasteiger partial charge in [0.2, 0.25) is 0 Å². The Morgan fingerprint density at radius 3 is 2.79 bits per heavy atom. The number of benzene rings is 1. The van der Waals surface area contributed by atoms with Gasteiger partial charge in [-0.15, -0.1) is 0 Å². The summed E-state index contributed by atoms with van der Waals surface area (Å²) in [5.74, 6) is 0.427. The highest BCUT2D eigenvalue weighted by atomic mass is 16.2. The topological polar surface area (TPSA) is 61.0 Å². The maximum atomic E-state index is 12.4. The third-order valence-electron chi connectivity index (χ3n) is 6.25. The van der Waals surface area contributed by atoms with Gasteiger partial charge >= 0.3 is 0 Å². The summed E-state index contributed by atoms with van der Waals surface area (Å²) < 4.78 is 0. The number of aromatic amines is 1. The van der Waals surface area contributed by atoms with Gasteiger partial charge in [0, 0.05) is 24.2 Å². The lowest BCUT2D eigenvalue weighted by atomic mass is 9.94. The van der Waals surface area contributed by atoms with Crippen LogP contribution in [0.5, 0.6) is 0 Å². The Morgan fingerprint density at radius 1 is 1.14 bits per heavy atom. The van der Waals surface area contributed by atoms with Gasteiger partial charge in [-0.25, -0.2) is 0 Å². The Kier molecular flexibility index (Phi) is 6.42. The molecule has 5 nitrogen and oxygen atoms in total. The van der Waals surface area contributed by atoms with Crippen molar-refractivity contribution in [2.75, 3.05) is 19.6 Å². The average Bonchev–Trinajstić information content (AvgIpc) is 3.41. The third-order valence-corrected chi connectivity index (χ3v) is 6.25. The normalized spacial score (nSPS) is 21.1. The van der Waals surface area contributed by atoms with Crippen molar-refractivity contribution in [2.45, 2.75) is 63.3 Å². The maximum Gasteiger partial charge on any atom is 0.271 e. The van der Waals surface area contributed by atoms with E-state index in [0.717, 1.165) is 38.0 Å². The predicted octanol–water partition coefficient (Wildman–Crippen LogP) is 3.89. The molecular formula is C23H32N4O. The van der Waals surface area contributed by atoms with Gasteiger partial charge in [0.05, 0.1) is 0 Å². The highest BCUT2D eigenvalue weighted by molar-refractivity contribution is 5.92. The summed E-state index contributed by atoms with van der Waals surface area (Å²) in [5, 5.41) is 10.6. The number of nitrogens with zero attached hydrogens (tertiary/aromatic N) is 2. The number of amides is 1. The second kappa shape index (κ2) is 9.37. The van der Waals surface area contributed by atoms with Crippen molar-refractivity contribution in [3.8, 4) is 0 Å². The van der Waals surface area contributed by atoms with Crippen LogP contribution in [0.15, 0.2) is 36.4 Å². The molecule has 28 heavy (non-hydrogen) atoms. The minimum atomic E-state index is -0.0232. The minimum Gasteiger partial charge on any atom is -0.348 e. The van der Waals surface area contributed by atoms with Gasteiger partial charge in [0.1, 0.15) is 5.69 Å². The van der Waals surface area contributed by atoms with Crippen molar-refractivity contribution in [3.63, 3.8) is 0 Å². The second-order valence-electron chi connectivity index (χ2n) is 8.39. The van der Waals surface area contributed by atoms with Crippen molar-refractivity contribution in [2.24, 2.45) is 0 Å². The van der Waals surface area contributed by atoms with E-state index >= 15 is 0 Å². The fraction of sp³-hybridized carbons (Fsp3) is 0.565. The lowest BCUT2D eigenvalue weighted by molar-refractivity contribution is 0.0933. The predicted molar refractivity (Wildman–Crippen MR) is 111 cm³/mol. The number of likely N-dealkylation sites (tertiary alicyclic amines) is 1. The molecule has 0 radical (unpaired) electrons. The average molecular weight is 381 g/mol. The molecule has 1 aromatic heterocycles. The Labute approximate surface area is 167 Å². The number of H-pyrrole nitrogens is 1. The van der Waals surface area contributed by atoms with Crippen LogP contribution in [0.3, 0.4) is 0 Å². The van der Waals surface area contributed by atoms with Crippen molar-refractivity contribution < 1.29 is 4.79 Å². The zero-order chi connectivity index (χ0) is 19.2. The van der Waals surface area contributed by atoms with Crippen LogP contribution in [0.4, 0.5) is 0 Å². The van der Waals surface area contributed by atoms with Gasteiger partial charge in [-0.3, -0.25) is 9.89 Å². The summed E-state index contributed by atoms with van der Waals surface area (Å²) in [6.45, 7) is 3.36. The first-order chi connectivity index (χ1) is 13.8. The second-order valence-corrected chi connectivity index (χ2v) is 8.39. The molecule has 1 saturated heterocycles. The molecule has 2 aliphatic rings. The standard InChI is InChI=1S/C23H32N4O/c28-23(24-20-12-4-5-13-20)22-16-21(25-26-22)19-11-7-15-27(17-19)14-6-10-18-8-2-1-3-9-18/h1-3,8-9,16,19-20H,4-7,10-15,17H2,(H,24,28)(H,25,26)/t19-/m1/s1. The molecule has 2 fully saturated rings. The summed E-state index contributed by atoms with van der Waals surface area (Å²) in [6.07, 6.45) is 9.34. The van der Waals surface area contributed by atoms with E-state index in [-0.39, 0.29) is 5.91 Å². The summed E-state index contributed by atoms with van der Waals surface area (Å²) in [6, 6.07) is 13.0. The van der Waals surface area contributed by atoms with Crippen LogP contribution in [0.1, 0.15) is 72.6 Å². The van der Waals surface area contributed by atoms with Crippen LogP contribution >= 0.6 is 0 Å². The Bertz CT molecular complexity index is 751. The van der Waals surface area contributed by atoms with Gasteiger partial charge in [0.15, 0.2) is 0 Å². The molecular weight excluding hydrogens is 348 g/mol. The highest BCUT2D eigenvalue weighted by Gasteiger charge is 2.25. The first kappa shape index (κ1) is 19.2. The van der Waals surface area contributed by atoms with Crippen LogP contribution in [-0.2, 0) is 6.42 Å². The number of piperidine rings is 1. The summed E-state index contributed by atoms with van der Waals surface area (Å²) in [7, 11) is 0. The number of aromatic nitrogens is 2. The molecule has 1 aliphatic carbocycles. The van der Waals surface area contributed by atoms with Gasteiger partial charge in [0.25, 0.3) is 5.91 Å². The van der Waals surface area contributed by atoms with Crippen molar-refractivity contribution in [3.05, 3.63) is 53.3 Å². The third kappa shape index (κ3) is 5.02. The largest absolute Gasteiger partial charge is 0.348 e. The molecule has 1 amide bonds. The Morgan fingerprint density at radius 2 is 1.96 bits per heavy atom. The molecule has 5 heteroatoms. The lowest BCUT2D eigenvalue weighted by Gasteiger charge is -2.32. The van der Waals surface area contributed by atoms with Crippen LogP contribution in [0, 0.1) is 0 Å². The van der Waals surface area contributed by atoms with E-state index < -0.39 is 0 Å². The fourth-order valence-corrected chi connectivity index (χ4v) is 4.66. The van der Waals surface area contributed by atoms with Crippen LogP contribution in [0.25, 0.3) is 0 Å². The molecule has 0 bridgehead atoms. The number of aryl methyl sites for hydroxylation is 1. The smallest absolute Gasteiger partial charge is 0.271 e. The molecule has 150 valence electrons. The minimum absolute atomic E-state index is 0.0232. The first-order valence-corrected chi connectivity index (χ1v) is 10.9. The van der Waals surface area contributed by atoms with E-state index in [1.807, 2.05) is 6.07 Å². The maximum absolute atomic E-state index is 12.4. The molecule has 1 saturated carbocycles. The molecule has 2 N–H and O–H groups in total. The molecule has 1 aliphatic heterocycles. The number of carbonyl (C=O) groups excluding carboxylic acids is 1. The summed E-state index contributed by atoms with van der Waals surface area (Å²) in [5.41, 5.74) is 3.08. The zero-order valence-electron chi connectivity index (χ0n) is 16.7. The number of rotatable bonds is 7. The fourth-order valence-electron chi connectivity index (χ4n) is 4.66. The van der Waals surface area contributed by atoms with Gasteiger partial charge in [-0.2, -0.15) is 5.10 Å². The van der Waals surface area contributed by atoms with E-state index in [0.29, 0.717) is 17.7 Å². The van der Waals surface area contributed by atoms with E-state index in [1.165, 1.54) is 44.2 Å². The highest BCUT2D eigenvalue weighted by Crippen LogP contribution is 2.26. The molecule has 4 rings (SSSR count). The number of nitrogens with one attached hydrogen (secondary N) is 2. The van der Waals surface area contributed by atoms with Crippen molar-refractivity contribution in [1.29, 1.82) is 0 Å². The van der Waals surface area contributed by atoms with Gasteiger partial charge in [-0.05, 0) is 63.2 Å². The quantitative estimate of drug-likeness (QED) is 0.766. The van der Waals surface area contributed by atoms with Crippen LogP contribution in [-0.4, -0.2) is 46.7 Å². The Hall–Kier alpha value is -2.14. The van der Waals surface area contributed by atoms with Gasteiger partial charge < -0.3 is 10.2 Å². The molecule has 0 spiro atoms. The van der Waals surface area contributed by atoms with Crippen molar-refractivity contribution >= 4 is 5.91 Å². The van der Waals surface area contributed by atoms with E-state index in [1.54, 1.807) is 0 Å². The molecule has 1 aromatic carbocycles. The molecule has 0 unspecified atom stereocenters. The monoisotopic (exact) mass is 380 g/mol. The van der Waals surface area contributed by atoms with E-state index in [2.05, 4.69) is 50.7 Å². The van der Waals surface area contributed by atoms with E-state index in [4.69, 9.17) is 0 Å². The SMILES string of the molecule is O=C(NC1CCCC1)c1cc([C@@H]2CCCN(CCCc3ccccc3)C2)[nH]n1. The van der Waals surface area contributed by atoms with Crippen LogP contribution < -0.4 is 5.32 Å². The molecule has 2 aromatic rings. The summed E-state index contributed by atoms with van der Waals surface area (Å²) >= 11 is 0. The summed E-state index contributed by atoms with van der Waals surface area (Å²) in [4.78, 5) is 15.0. The molecule has 1 atom stereocenters. The van der Waals surface area contributed by atoms with Crippen molar-refractivity contribution in [1.82, 2.24) is 20.4 Å². The van der Waals surface area contributed by atoms with Gasteiger partial charge in [-0.1, -0.05) is 43.2 Å². The first-order valence-electron chi connectivity index (χ1n) is 10.9. The number of hydrogen-bond donors (Lipinski definition) is 2. The zero-order valence-corrected chi connectivity index (χ0v) is 16.7. The number of hydrogen-bond acceptors (Lipinski definition) is 3. The molecule has 2 heterocycles. The van der Waals surface area contributed by atoms with Crippen LogP contribution in [0.2, 0.25) is 0 Å². The van der Waals surface area contributed by atoms with E-state index in [9.17, 15) is 4.79 Å². The Balaban J connectivity index is 1.27. The number of carbonyl (C=O) groups is 1. The lowest BCUT2D eigenvalue weighted by Crippen LogP contribution is -2.35.